The molecule has 0 N–H and O–H groups in total. The largest absolute Gasteiger partial charge is 0.310 e. The molecule has 13 aromatic carbocycles. The molecule has 0 aromatic heterocycles. The van der Waals surface area contributed by atoms with Gasteiger partial charge in [-0.25, -0.2) is 0 Å². The van der Waals surface area contributed by atoms with Crippen molar-refractivity contribution in [1.82, 2.24) is 0 Å². The fourth-order valence-electron chi connectivity index (χ4n) is 12.7. The Balaban J connectivity index is 0.990. The molecular formula is C67H41N. The third-order valence-electron chi connectivity index (χ3n) is 15.4. The van der Waals surface area contributed by atoms with Gasteiger partial charge in [0.15, 0.2) is 0 Å². The second-order valence-electron chi connectivity index (χ2n) is 18.6. The van der Waals surface area contributed by atoms with Gasteiger partial charge in [-0.15, -0.1) is 0 Å². The predicted octanol–water partition coefficient (Wildman–Crippen LogP) is 18.1. The lowest BCUT2D eigenvalue weighted by atomic mass is 9.70. The molecule has 0 radical (unpaired) electrons. The highest BCUT2D eigenvalue weighted by atomic mass is 15.1. The maximum Gasteiger partial charge on any atom is 0.0746 e. The molecule has 2 aliphatic carbocycles. The van der Waals surface area contributed by atoms with Crippen molar-refractivity contribution in [2.45, 2.75) is 5.41 Å². The molecule has 0 unspecified atom stereocenters. The first-order chi connectivity index (χ1) is 33.8. The minimum Gasteiger partial charge on any atom is -0.310 e. The summed E-state index contributed by atoms with van der Waals surface area (Å²) in [6.07, 6.45) is 0. The van der Waals surface area contributed by atoms with Gasteiger partial charge < -0.3 is 4.90 Å². The van der Waals surface area contributed by atoms with Crippen LogP contribution in [0.1, 0.15) is 22.3 Å². The van der Waals surface area contributed by atoms with E-state index in [0.717, 1.165) is 11.4 Å². The van der Waals surface area contributed by atoms with Gasteiger partial charge in [0.1, 0.15) is 0 Å². The van der Waals surface area contributed by atoms with Gasteiger partial charge in [0.2, 0.25) is 0 Å². The van der Waals surface area contributed by atoms with E-state index in [0.29, 0.717) is 0 Å². The Labute approximate surface area is 394 Å². The Bertz CT molecular complexity index is 4140. The van der Waals surface area contributed by atoms with Gasteiger partial charge in [0.25, 0.3) is 0 Å². The van der Waals surface area contributed by atoms with Crippen LogP contribution < -0.4 is 4.90 Å². The van der Waals surface area contributed by atoms with Crippen molar-refractivity contribution >= 4 is 81.7 Å². The van der Waals surface area contributed by atoms with Crippen molar-refractivity contribution in [2.24, 2.45) is 0 Å². The number of rotatable bonds is 4. The Morgan fingerprint density at radius 2 is 0.588 bits per heavy atom. The summed E-state index contributed by atoms with van der Waals surface area (Å²) in [4.78, 5) is 2.54. The normalized spacial score (nSPS) is 13.1. The average molecular weight is 860 g/mol. The first-order valence-electron chi connectivity index (χ1n) is 23.8. The van der Waals surface area contributed by atoms with Crippen molar-refractivity contribution in [1.29, 1.82) is 0 Å². The molecule has 2 aliphatic rings. The SMILES string of the molecule is c1ccc2c(c1)-c1ccccc1C21c2ccccc2-c2cccc(N(c3ccc(-c4ccc5c6ccccc6c6ccccc6c5c4)cc3)c3ccc4c5ccccc5c5ccccc5c4c3)c21. The minimum atomic E-state index is -0.522. The first kappa shape index (κ1) is 37.4. The lowest BCUT2D eigenvalue weighted by molar-refractivity contribution is 0.793. The summed E-state index contributed by atoms with van der Waals surface area (Å²) in [6, 6.07) is 93.3. The zero-order valence-corrected chi connectivity index (χ0v) is 37.1. The molecule has 0 saturated heterocycles. The number of hydrogen-bond acceptors (Lipinski definition) is 1. The van der Waals surface area contributed by atoms with Crippen molar-refractivity contribution < 1.29 is 0 Å². The summed E-state index contributed by atoms with van der Waals surface area (Å²) in [7, 11) is 0. The lowest BCUT2D eigenvalue weighted by Gasteiger charge is -2.36. The van der Waals surface area contributed by atoms with E-state index >= 15 is 0 Å². The Morgan fingerprint density at radius 1 is 0.235 bits per heavy atom. The van der Waals surface area contributed by atoms with Gasteiger partial charge in [-0.1, -0.05) is 212 Å². The smallest absolute Gasteiger partial charge is 0.0746 e. The van der Waals surface area contributed by atoms with Crippen LogP contribution in [0.4, 0.5) is 17.1 Å². The molecule has 15 rings (SSSR count). The van der Waals surface area contributed by atoms with Gasteiger partial charge in [-0.05, 0) is 151 Å². The van der Waals surface area contributed by atoms with Crippen molar-refractivity contribution in [2.75, 3.05) is 4.90 Å². The van der Waals surface area contributed by atoms with Gasteiger partial charge in [0, 0.05) is 16.9 Å². The highest BCUT2D eigenvalue weighted by molar-refractivity contribution is 6.27. The van der Waals surface area contributed by atoms with E-state index in [2.05, 4.69) is 254 Å². The van der Waals surface area contributed by atoms with Crippen LogP contribution in [-0.4, -0.2) is 0 Å². The Morgan fingerprint density at radius 3 is 1.09 bits per heavy atom. The van der Waals surface area contributed by atoms with Crippen LogP contribution in [0, 0.1) is 0 Å². The summed E-state index contributed by atoms with van der Waals surface area (Å²) >= 11 is 0. The summed E-state index contributed by atoms with van der Waals surface area (Å²) < 4.78 is 0. The molecule has 1 spiro atoms. The topological polar surface area (TPSA) is 3.24 Å². The molecule has 68 heavy (non-hydrogen) atoms. The molecule has 0 amide bonds. The highest BCUT2D eigenvalue weighted by Gasteiger charge is 2.53. The van der Waals surface area contributed by atoms with Gasteiger partial charge >= 0.3 is 0 Å². The molecule has 0 saturated carbocycles. The summed E-state index contributed by atoms with van der Waals surface area (Å²) in [5.41, 5.74) is 15.8. The summed E-state index contributed by atoms with van der Waals surface area (Å²) in [6.45, 7) is 0. The number of benzene rings is 13. The maximum atomic E-state index is 2.54. The molecule has 13 aromatic rings. The summed E-state index contributed by atoms with van der Waals surface area (Å²) in [5.74, 6) is 0. The van der Waals surface area contributed by atoms with E-state index < -0.39 is 5.41 Å². The Kier molecular flexibility index (Phi) is 7.77. The predicted molar refractivity (Wildman–Crippen MR) is 288 cm³/mol. The van der Waals surface area contributed by atoms with Crippen LogP contribution in [0.25, 0.3) is 98.0 Å². The van der Waals surface area contributed by atoms with Crippen molar-refractivity contribution in [3.8, 4) is 33.4 Å². The second-order valence-corrected chi connectivity index (χ2v) is 18.6. The van der Waals surface area contributed by atoms with E-state index in [9.17, 15) is 0 Å². The molecule has 314 valence electrons. The number of anilines is 3. The van der Waals surface area contributed by atoms with Crippen LogP contribution in [0.3, 0.4) is 0 Å². The van der Waals surface area contributed by atoms with Crippen LogP contribution in [0.2, 0.25) is 0 Å². The first-order valence-corrected chi connectivity index (χ1v) is 23.8. The monoisotopic (exact) mass is 859 g/mol. The molecule has 0 fully saturated rings. The Hall–Kier alpha value is -8.78. The molecule has 0 heterocycles. The highest BCUT2D eigenvalue weighted by Crippen LogP contribution is 2.65. The van der Waals surface area contributed by atoms with E-state index in [1.165, 1.54) is 126 Å². The third-order valence-corrected chi connectivity index (χ3v) is 15.4. The van der Waals surface area contributed by atoms with Gasteiger partial charge in [0.05, 0.1) is 11.1 Å². The third kappa shape index (κ3) is 5.00. The lowest BCUT2D eigenvalue weighted by Crippen LogP contribution is -2.28. The van der Waals surface area contributed by atoms with Crippen LogP contribution in [0.5, 0.6) is 0 Å². The van der Waals surface area contributed by atoms with Crippen molar-refractivity contribution in [3.63, 3.8) is 0 Å². The molecule has 1 heteroatoms. The number of nitrogens with zero attached hydrogens (tertiary/aromatic N) is 1. The second kappa shape index (κ2) is 14.1. The number of hydrogen-bond donors (Lipinski definition) is 0. The molecule has 1 nitrogen and oxygen atoms in total. The molecule has 0 aliphatic heterocycles. The van der Waals surface area contributed by atoms with Gasteiger partial charge in [-0.3, -0.25) is 0 Å². The van der Waals surface area contributed by atoms with Crippen LogP contribution >= 0.6 is 0 Å². The minimum absolute atomic E-state index is 0.522. The van der Waals surface area contributed by atoms with Crippen LogP contribution in [-0.2, 0) is 5.41 Å². The molecule has 0 atom stereocenters. The molecular weight excluding hydrogens is 819 g/mol. The summed E-state index contributed by atoms with van der Waals surface area (Å²) in [5, 5.41) is 15.3. The standard InChI is InChI=1S/C67H41N/c1-3-20-50-46(16-1)48-18-5-7-22-52(48)60-40-43(34-38-54(50)60)42-32-35-44(36-33-42)68(45-37-39-55-51-21-4-2-17-47(51)49-19-6-8-23-53(49)61(55)41-45)65-31-15-27-59-58-26-11-14-30-64(58)67(66(59)65)62-28-12-9-24-56(62)57-25-10-13-29-63(57)67/h1-41H. The number of fused-ring (bicyclic) bond motifs is 22. The zero-order valence-electron chi connectivity index (χ0n) is 37.1. The van der Waals surface area contributed by atoms with Gasteiger partial charge in [-0.2, -0.15) is 0 Å². The van der Waals surface area contributed by atoms with E-state index in [1.54, 1.807) is 0 Å². The van der Waals surface area contributed by atoms with E-state index in [-0.39, 0.29) is 0 Å². The zero-order chi connectivity index (χ0) is 44.5. The fraction of sp³-hybridized carbons (Fsp3) is 0.0149. The van der Waals surface area contributed by atoms with E-state index in [1.807, 2.05) is 0 Å². The quantitative estimate of drug-likeness (QED) is 0.159. The van der Waals surface area contributed by atoms with Crippen LogP contribution in [0.15, 0.2) is 249 Å². The van der Waals surface area contributed by atoms with E-state index in [4.69, 9.17) is 0 Å². The molecule has 0 bridgehead atoms. The fourth-order valence-corrected chi connectivity index (χ4v) is 12.7. The van der Waals surface area contributed by atoms with Crippen molar-refractivity contribution in [3.05, 3.63) is 271 Å². The average Bonchev–Trinajstić information content (AvgIpc) is 3.89. The maximum absolute atomic E-state index is 2.54.